The molecule has 0 aliphatic carbocycles. The first kappa shape index (κ1) is 14.7. The van der Waals surface area contributed by atoms with Crippen LogP contribution in [0.5, 0.6) is 0 Å². The molecule has 1 aromatic heterocycles. The second kappa shape index (κ2) is 7.13. The molecular formula is C13H23N3O2. The van der Waals surface area contributed by atoms with E-state index < -0.39 is 0 Å². The molecule has 102 valence electrons. The van der Waals surface area contributed by atoms with Gasteiger partial charge in [0.25, 0.3) is 0 Å². The highest BCUT2D eigenvalue weighted by Crippen LogP contribution is 2.22. The largest absolute Gasteiger partial charge is 0.465 e. The summed E-state index contributed by atoms with van der Waals surface area (Å²) in [6.07, 6.45) is 2.56. The summed E-state index contributed by atoms with van der Waals surface area (Å²) in [5.41, 5.74) is 0. The van der Waals surface area contributed by atoms with E-state index in [1.54, 1.807) is 0 Å². The van der Waals surface area contributed by atoms with E-state index in [1.807, 2.05) is 6.92 Å². The molecule has 18 heavy (non-hydrogen) atoms. The molecule has 0 saturated carbocycles. The Hall–Kier alpha value is -1.39. The van der Waals surface area contributed by atoms with Gasteiger partial charge >= 0.3 is 5.97 Å². The summed E-state index contributed by atoms with van der Waals surface area (Å²) in [5, 5.41) is 7.04. The van der Waals surface area contributed by atoms with Crippen LogP contribution in [0.4, 0.5) is 0 Å². The van der Waals surface area contributed by atoms with Gasteiger partial charge in [0.1, 0.15) is 11.7 Å². The fourth-order valence-electron chi connectivity index (χ4n) is 1.84. The molecule has 0 spiro atoms. The summed E-state index contributed by atoms with van der Waals surface area (Å²) < 4.78 is 5.10. The van der Waals surface area contributed by atoms with E-state index in [1.165, 1.54) is 0 Å². The number of carbonyl (C=O) groups excluding carboxylic acids is 1. The van der Waals surface area contributed by atoms with Gasteiger partial charge in [-0.25, -0.2) is 4.98 Å². The Bertz CT molecular complexity index is 374. The minimum absolute atomic E-state index is 0.228. The van der Waals surface area contributed by atoms with Gasteiger partial charge in [0.2, 0.25) is 0 Å². The molecule has 0 amide bonds. The Morgan fingerprint density at radius 3 is 2.67 bits per heavy atom. The molecule has 1 heterocycles. The van der Waals surface area contributed by atoms with Crippen LogP contribution in [0.2, 0.25) is 0 Å². The van der Waals surface area contributed by atoms with Crippen molar-refractivity contribution in [2.45, 2.75) is 52.9 Å². The Morgan fingerprint density at radius 2 is 2.11 bits per heavy atom. The quantitative estimate of drug-likeness (QED) is 0.758. The predicted molar refractivity (Wildman–Crippen MR) is 69.2 cm³/mol. The van der Waals surface area contributed by atoms with E-state index in [0.29, 0.717) is 24.8 Å². The van der Waals surface area contributed by atoms with E-state index in [2.05, 4.69) is 36.0 Å². The van der Waals surface area contributed by atoms with E-state index in [0.717, 1.165) is 18.7 Å². The van der Waals surface area contributed by atoms with Crippen molar-refractivity contribution >= 4 is 5.97 Å². The monoisotopic (exact) mass is 253 g/mol. The number of nitrogens with one attached hydrogen (secondary N) is 1. The zero-order valence-corrected chi connectivity index (χ0v) is 11.7. The molecule has 0 radical (unpaired) electrons. The highest BCUT2D eigenvalue weighted by atomic mass is 16.5. The Labute approximate surface area is 108 Å². The molecule has 5 heteroatoms. The first-order valence-electron chi connectivity index (χ1n) is 6.66. The van der Waals surface area contributed by atoms with Gasteiger partial charge in [-0.05, 0) is 25.7 Å². The third kappa shape index (κ3) is 4.13. The van der Waals surface area contributed by atoms with Crippen LogP contribution in [0.25, 0.3) is 0 Å². The first-order valence-corrected chi connectivity index (χ1v) is 6.66. The molecule has 1 unspecified atom stereocenters. The first-order chi connectivity index (χ1) is 8.58. The zero-order valence-electron chi connectivity index (χ0n) is 11.7. The SMILES string of the molecule is CCCc1nc(C(CC(C)C)C(=O)OCC)n[nH]1. The second-order valence-electron chi connectivity index (χ2n) is 4.82. The molecule has 1 rings (SSSR count). The molecule has 0 aliphatic rings. The molecule has 0 aliphatic heterocycles. The average Bonchev–Trinajstić information content (AvgIpc) is 2.75. The fourth-order valence-corrected chi connectivity index (χ4v) is 1.84. The fraction of sp³-hybridized carbons (Fsp3) is 0.769. The Kier molecular flexibility index (Phi) is 5.82. The summed E-state index contributed by atoms with van der Waals surface area (Å²) in [5.74, 6) is 1.21. The number of hydrogen-bond donors (Lipinski definition) is 1. The van der Waals surface area contributed by atoms with Crippen LogP contribution in [-0.4, -0.2) is 27.8 Å². The minimum Gasteiger partial charge on any atom is -0.465 e. The van der Waals surface area contributed by atoms with E-state index >= 15 is 0 Å². The number of hydrogen-bond acceptors (Lipinski definition) is 4. The lowest BCUT2D eigenvalue weighted by Crippen LogP contribution is -2.19. The summed E-state index contributed by atoms with van der Waals surface area (Å²) in [6, 6.07) is 0. The van der Waals surface area contributed by atoms with Gasteiger partial charge in [-0.15, -0.1) is 0 Å². The molecule has 1 atom stereocenters. The van der Waals surface area contributed by atoms with Gasteiger partial charge in [0.05, 0.1) is 6.61 Å². The number of aromatic amines is 1. The zero-order chi connectivity index (χ0) is 13.5. The number of aryl methyl sites for hydroxylation is 1. The maximum atomic E-state index is 11.9. The number of H-pyrrole nitrogens is 1. The van der Waals surface area contributed by atoms with Crippen molar-refractivity contribution in [2.75, 3.05) is 6.61 Å². The Morgan fingerprint density at radius 1 is 1.39 bits per heavy atom. The van der Waals surface area contributed by atoms with Gasteiger partial charge in [-0.2, -0.15) is 5.10 Å². The standard InChI is InChI=1S/C13H23N3O2/c1-5-7-11-14-12(16-15-11)10(8-9(3)4)13(17)18-6-2/h9-10H,5-8H2,1-4H3,(H,14,15,16). The average molecular weight is 253 g/mol. The maximum Gasteiger partial charge on any atom is 0.316 e. The molecule has 1 aromatic rings. The van der Waals surface area contributed by atoms with Crippen LogP contribution in [0, 0.1) is 5.92 Å². The van der Waals surface area contributed by atoms with E-state index in [9.17, 15) is 4.79 Å². The molecule has 0 bridgehead atoms. The maximum absolute atomic E-state index is 11.9. The topological polar surface area (TPSA) is 67.9 Å². The van der Waals surface area contributed by atoms with Gasteiger partial charge in [0, 0.05) is 6.42 Å². The number of rotatable bonds is 7. The van der Waals surface area contributed by atoms with Crippen molar-refractivity contribution < 1.29 is 9.53 Å². The van der Waals surface area contributed by atoms with Crippen LogP contribution in [0.15, 0.2) is 0 Å². The summed E-state index contributed by atoms with van der Waals surface area (Å²) in [6.45, 7) is 8.43. The lowest BCUT2D eigenvalue weighted by molar-refractivity contribution is -0.145. The molecule has 5 nitrogen and oxygen atoms in total. The second-order valence-corrected chi connectivity index (χ2v) is 4.82. The van der Waals surface area contributed by atoms with Crippen molar-refractivity contribution in [3.63, 3.8) is 0 Å². The third-order valence-electron chi connectivity index (χ3n) is 2.63. The number of carbonyl (C=O) groups is 1. The Balaban J connectivity index is 2.83. The number of ether oxygens (including phenoxy) is 1. The number of nitrogens with zero attached hydrogens (tertiary/aromatic N) is 2. The number of aromatic nitrogens is 3. The lowest BCUT2D eigenvalue weighted by Gasteiger charge is -2.14. The van der Waals surface area contributed by atoms with Gasteiger partial charge in [-0.1, -0.05) is 20.8 Å². The number of esters is 1. The summed E-state index contributed by atoms with van der Waals surface area (Å²) >= 11 is 0. The van der Waals surface area contributed by atoms with Gasteiger partial charge < -0.3 is 4.74 Å². The van der Waals surface area contributed by atoms with Crippen LogP contribution in [0.3, 0.4) is 0 Å². The smallest absolute Gasteiger partial charge is 0.316 e. The minimum atomic E-state index is -0.355. The van der Waals surface area contributed by atoms with Crippen molar-refractivity contribution in [1.82, 2.24) is 15.2 Å². The molecule has 0 aromatic carbocycles. The molecule has 0 fully saturated rings. The van der Waals surface area contributed by atoms with E-state index in [-0.39, 0.29) is 11.9 Å². The normalized spacial score (nSPS) is 12.7. The molecule has 1 N–H and O–H groups in total. The predicted octanol–water partition coefficient (Wildman–Crippen LogP) is 2.45. The summed E-state index contributed by atoms with van der Waals surface area (Å²) in [4.78, 5) is 16.3. The van der Waals surface area contributed by atoms with Crippen molar-refractivity contribution in [2.24, 2.45) is 5.92 Å². The lowest BCUT2D eigenvalue weighted by atomic mass is 9.96. The highest BCUT2D eigenvalue weighted by molar-refractivity contribution is 5.77. The van der Waals surface area contributed by atoms with Crippen LogP contribution < -0.4 is 0 Å². The molecule has 0 saturated heterocycles. The third-order valence-corrected chi connectivity index (χ3v) is 2.63. The molecular weight excluding hydrogens is 230 g/mol. The van der Waals surface area contributed by atoms with Crippen molar-refractivity contribution in [3.8, 4) is 0 Å². The highest BCUT2D eigenvalue weighted by Gasteiger charge is 2.27. The van der Waals surface area contributed by atoms with Crippen molar-refractivity contribution in [3.05, 3.63) is 11.6 Å². The van der Waals surface area contributed by atoms with Crippen LogP contribution in [0.1, 0.15) is 58.1 Å². The van der Waals surface area contributed by atoms with E-state index in [4.69, 9.17) is 4.74 Å². The van der Waals surface area contributed by atoms with Gasteiger partial charge in [0.15, 0.2) is 5.82 Å². The van der Waals surface area contributed by atoms with Crippen molar-refractivity contribution in [1.29, 1.82) is 0 Å². The van der Waals surface area contributed by atoms with Gasteiger partial charge in [-0.3, -0.25) is 9.89 Å². The van der Waals surface area contributed by atoms with Crippen LogP contribution in [-0.2, 0) is 16.0 Å². The van der Waals surface area contributed by atoms with Crippen LogP contribution >= 0.6 is 0 Å². The summed E-state index contributed by atoms with van der Waals surface area (Å²) in [7, 11) is 0.